The maximum absolute atomic E-state index is 11.4. The van der Waals surface area contributed by atoms with Gasteiger partial charge in [0.15, 0.2) is 0 Å². The molecular formula is C26H46N5O12-3. The summed E-state index contributed by atoms with van der Waals surface area (Å²) in [5.41, 5.74) is -2.92. The van der Waals surface area contributed by atoms with Gasteiger partial charge in [0.25, 0.3) is 0 Å². The molecule has 1 unspecified atom stereocenters. The normalized spacial score (nSPS) is 23.3. The van der Waals surface area contributed by atoms with Gasteiger partial charge in [-0.3, -0.25) is 24.5 Å². The Labute approximate surface area is 250 Å². The molecule has 1 atom stereocenters. The SMILES string of the molecule is O=C([O-])CN1CCN(CC(=O)[O-])CCN(CC(O)CN2CC(CO)(CO)C(O)C(CO)(CO)C2)CCN(CC(=O)[O-])CC1. The third-order valence-corrected chi connectivity index (χ3v) is 8.42. The van der Waals surface area contributed by atoms with E-state index >= 15 is 0 Å². The van der Waals surface area contributed by atoms with Crippen molar-refractivity contribution in [2.24, 2.45) is 10.8 Å². The molecule has 6 N–H and O–H groups in total. The fraction of sp³-hybridized carbons (Fsp3) is 0.885. The van der Waals surface area contributed by atoms with E-state index in [0.29, 0.717) is 0 Å². The number of carbonyl (C=O) groups is 3. The molecule has 250 valence electrons. The van der Waals surface area contributed by atoms with Gasteiger partial charge in [0.05, 0.1) is 67.4 Å². The second-order valence-electron chi connectivity index (χ2n) is 11.8. The largest absolute Gasteiger partial charge is 0.549 e. The summed E-state index contributed by atoms with van der Waals surface area (Å²) in [6, 6.07) is 0. The minimum Gasteiger partial charge on any atom is -0.549 e. The van der Waals surface area contributed by atoms with Crippen molar-refractivity contribution in [1.29, 1.82) is 0 Å². The molecule has 2 rings (SSSR count). The topological polar surface area (TPSA) is 258 Å². The Morgan fingerprint density at radius 1 is 0.581 bits per heavy atom. The number of carbonyl (C=O) groups excluding carboxylic acids is 3. The van der Waals surface area contributed by atoms with Crippen LogP contribution in [0.15, 0.2) is 0 Å². The van der Waals surface area contributed by atoms with Gasteiger partial charge in [0.2, 0.25) is 0 Å². The van der Waals surface area contributed by atoms with Crippen molar-refractivity contribution in [1.82, 2.24) is 24.5 Å². The van der Waals surface area contributed by atoms with Crippen LogP contribution in [0, 0.1) is 10.8 Å². The summed E-state index contributed by atoms with van der Waals surface area (Å²) in [6.45, 7) is -2.08. The van der Waals surface area contributed by atoms with Gasteiger partial charge in [-0.05, 0) is 0 Å². The van der Waals surface area contributed by atoms with Gasteiger partial charge < -0.3 is 60.3 Å². The maximum Gasteiger partial charge on any atom is 0.0793 e. The number of β-amino-alcohol motifs (C(OH)–C–C–N with tert-alkyl or cyclic N) is 1. The molecule has 0 radical (unpaired) electrons. The summed E-state index contributed by atoms with van der Waals surface area (Å²) in [5.74, 6) is -3.95. The molecule has 0 bridgehead atoms. The molecule has 2 fully saturated rings. The van der Waals surface area contributed by atoms with Gasteiger partial charge >= 0.3 is 0 Å². The lowest BCUT2D eigenvalue weighted by Crippen LogP contribution is -2.68. The predicted molar refractivity (Wildman–Crippen MR) is 142 cm³/mol. The summed E-state index contributed by atoms with van der Waals surface area (Å²) < 4.78 is 0. The van der Waals surface area contributed by atoms with E-state index in [1.165, 1.54) is 4.90 Å². The van der Waals surface area contributed by atoms with E-state index < -0.39 is 87.0 Å². The highest BCUT2D eigenvalue weighted by molar-refractivity contribution is 5.67. The van der Waals surface area contributed by atoms with Gasteiger partial charge in [0, 0.05) is 98.2 Å². The van der Waals surface area contributed by atoms with Crippen LogP contribution in [0.4, 0.5) is 0 Å². The van der Waals surface area contributed by atoms with Crippen LogP contribution in [0.1, 0.15) is 0 Å². The van der Waals surface area contributed by atoms with Gasteiger partial charge in [-0.25, -0.2) is 0 Å². The number of rotatable bonds is 14. The van der Waals surface area contributed by atoms with Crippen LogP contribution in [-0.4, -0.2) is 210 Å². The molecule has 2 aliphatic heterocycles. The number of hydrogen-bond acceptors (Lipinski definition) is 17. The molecule has 2 aliphatic rings. The Balaban J connectivity index is 2.20. The lowest BCUT2D eigenvalue weighted by atomic mass is 9.65. The van der Waals surface area contributed by atoms with E-state index in [4.69, 9.17) is 0 Å². The Kier molecular flexibility index (Phi) is 15.1. The number of aliphatic carboxylic acids is 3. The Hall–Kier alpha value is -2.03. The minimum atomic E-state index is -1.46. The number of likely N-dealkylation sites (tertiary alicyclic amines) is 1. The van der Waals surface area contributed by atoms with Crippen LogP contribution in [0.2, 0.25) is 0 Å². The number of carboxylic acid groups (broad SMARTS) is 3. The van der Waals surface area contributed by atoms with Crippen molar-refractivity contribution in [3.05, 3.63) is 0 Å². The quantitative estimate of drug-likeness (QED) is 0.105. The third-order valence-electron chi connectivity index (χ3n) is 8.42. The monoisotopic (exact) mass is 620 g/mol. The lowest BCUT2D eigenvalue weighted by molar-refractivity contribution is -0.308. The van der Waals surface area contributed by atoms with E-state index in [9.17, 15) is 60.3 Å². The average molecular weight is 621 g/mol. The molecular weight excluding hydrogens is 574 g/mol. The third kappa shape index (κ3) is 11.1. The van der Waals surface area contributed by atoms with E-state index in [0.717, 1.165) is 0 Å². The number of piperidine rings is 1. The van der Waals surface area contributed by atoms with Crippen LogP contribution < -0.4 is 15.3 Å². The second kappa shape index (κ2) is 17.5. The predicted octanol–water partition coefficient (Wildman–Crippen LogP) is -9.56. The van der Waals surface area contributed by atoms with E-state index in [1.54, 1.807) is 14.7 Å². The molecule has 0 aliphatic carbocycles. The number of hydrogen-bond donors (Lipinski definition) is 6. The maximum atomic E-state index is 11.4. The first-order chi connectivity index (χ1) is 20.3. The summed E-state index contributed by atoms with van der Waals surface area (Å²) in [6.07, 6.45) is -2.46. The highest BCUT2D eigenvalue weighted by Crippen LogP contribution is 2.40. The first-order valence-corrected chi connectivity index (χ1v) is 14.3. The minimum absolute atomic E-state index is 0.0174. The van der Waals surface area contributed by atoms with E-state index in [2.05, 4.69) is 0 Å². The number of aliphatic hydroxyl groups excluding tert-OH is 6. The zero-order valence-corrected chi connectivity index (χ0v) is 24.5. The molecule has 0 amide bonds. The molecule has 17 nitrogen and oxygen atoms in total. The van der Waals surface area contributed by atoms with Crippen LogP contribution in [-0.2, 0) is 14.4 Å². The van der Waals surface area contributed by atoms with E-state index in [1.807, 2.05) is 4.90 Å². The molecule has 0 aromatic rings. The van der Waals surface area contributed by atoms with Crippen molar-refractivity contribution in [2.45, 2.75) is 12.2 Å². The summed E-state index contributed by atoms with van der Waals surface area (Å²) in [7, 11) is 0. The molecule has 2 heterocycles. The molecule has 43 heavy (non-hydrogen) atoms. The van der Waals surface area contributed by atoms with Crippen molar-refractivity contribution in [3.8, 4) is 0 Å². The van der Waals surface area contributed by atoms with Crippen molar-refractivity contribution in [2.75, 3.05) is 125 Å². The first kappa shape index (κ1) is 37.2. The van der Waals surface area contributed by atoms with Gasteiger partial charge in [0.1, 0.15) is 0 Å². The fourth-order valence-electron chi connectivity index (χ4n) is 5.98. The molecule has 0 saturated carbocycles. The highest BCUT2D eigenvalue weighted by Gasteiger charge is 2.55. The molecule has 2 saturated heterocycles. The van der Waals surface area contributed by atoms with E-state index in [-0.39, 0.29) is 78.5 Å². The molecule has 0 spiro atoms. The second-order valence-corrected chi connectivity index (χ2v) is 11.8. The van der Waals surface area contributed by atoms with Crippen LogP contribution in [0.3, 0.4) is 0 Å². The average Bonchev–Trinajstić information content (AvgIpc) is 2.94. The van der Waals surface area contributed by atoms with Crippen LogP contribution in [0.5, 0.6) is 0 Å². The van der Waals surface area contributed by atoms with Crippen LogP contribution in [0.25, 0.3) is 0 Å². The smallest absolute Gasteiger partial charge is 0.0793 e. The van der Waals surface area contributed by atoms with Crippen molar-refractivity contribution >= 4 is 17.9 Å². The number of nitrogens with zero attached hydrogens (tertiary/aromatic N) is 5. The van der Waals surface area contributed by atoms with Gasteiger partial charge in [-0.15, -0.1) is 0 Å². The number of carboxylic acids is 3. The zero-order valence-electron chi connectivity index (χ0n) is 24.5. The highest BCUT2D eigenvalue weighted by atomic mass is 16.4. The lowest BCUT2D eigenvalue weighted by Gasteiger charge is -2.54. The zero-order chi connectivity index (χ0) is 32.2. The van der Waals surface area contributed by atoms with Gasteiger partial charge in [-0.2, -0.15) is 0 Å². The molecule has 0 aromatic carbocycles. The summed E-state index contributed by atoms with van der Waals surface area (Å²) in [4.78, 5) is 42.1. The van der Waals surface area contributed by atoms with Crippen LogP contribution >= 0.6 is 0 Å². The summed E-state index contributed by atoms with van der Waals surface area (Å²) >= 11 is 0. The molecule has 17 heteroatoms. The first-order valence-electron chi connectivity index (χ1n) is 14.3. The standard InChI is InChI=1S/C26H49N5O12/c32-16-25(17-33)14-31(15-26(18-34,19-35)24(25)43)10-20(36)9-27-1-3-28(11-21(37)38)5-7-30(13-23(41)42)8-6-29(4-2-27)12-22(39)40/h20,24,32-36,43H,1-19H2,(H,37,38)(H,39,40)(H,41,42)/p-3. The Morgan fingerprint density at radius 2 is 0.860 bits per heavy atom. The number of aliphatic hydroxyl groups is 6. The Bertz CT molecular complexity index is 837. The molecule has 0 aromatic heterocycles. The van der Waals surface area contributed by atoms with Gasteiger partial charge in [-0.1, -0.05) is 0 Å². The fourth-order valence-corrected chi connectivity index (χ4v) is 5.98. The van der Waals surface area contributed by atoms with Crippen molar-refractivity contribution in [3.63, 3.8) is 0 Å². The Morgan fingerprint density at radius 3 is 1.14 bits per heavy atom. The van der Waals surface area contributed by atoms with Crippen molar-refractivity contribution < 1.29 is 60.3 Å². The summed E-state index contributed by atoms with van der Waals surface area (Å²) in [5, 5.41) is 96.0.